The molecule has 0 radical (unpaired) electrons. The predicted molar refractivity (Wildman–Crippen MR) is 130 cm³/mol. The molecule has 1 amide bonds. The third-order valence-corrected chi connectivity index (χ3v) is 5.56. The van der Waals surface area contributed by atoms with Crippen LogP contribution in [0.5, 0.6) is 34.5 Å². The maximum Gasteiger partial charge on any atom is 0.262 e. The molecule has 3 aromatic carbocycles. The second-order valence-electron chi connectivity index (χ2n) is 7.90. The van der Waals surface area contributed by atoms with Crippen LogP contribution in [0.15, 0.2) is 60.4 Å². The molecule has 3 aromatic rings. The highest BCUT2D eigenvalue weighted by molar-refractivity contribution is 6.14. The highest BCUT2D eigenvalue weighted by atomic mass is 16.6. The quantitative estimate of drug-likeness (QED) is 0.495. The summed E-state index contributed by atoms with van der Waals surface area (Å²) in [5.41, 5.74) is 1.61. The molecule has 0 fully saturated rings. The normalized spacial score (nSPS) is 14.6. The number of ketones is 1. The van der Waals surface area contributed by atoms with Gasteiger partial charge in [0.1, 0.15) is 36.2 Å². The van der Waals surface area contributed by atoms with E-state index >= 15 is 0 Å². The number of hydrogen-bond acceptors (Lipinski definition) is 8. The summed E-state index contributed by atoms with van der Waals surface area (Å²) >= 11 is 0. The van der Waals surface area contributed by atoms with E-state index in [2.05, 4.69) is 5.32 Å². The Morgan fingerprint density at radius 2 is 1.72 bits per heavy atom. The lowest BCUT2D eigenvalue weighted by Gasteiger charge is -2.19. The number of nitrogens with one attached hydrogen (secondary N) is 1. The Bertz CT molecular complexity index is 1360. The highest BCUT2D eigenvalue weighted by Crippen LogP contribution is 2.36. The Morgan fingerprint density at radius 3 is 2.53 bits per heavy atom. The molecule has 2 aliphatic heterocycles. The third-order valence-electron chi connectivity index (χ3n) is 5.56. The van der Waals surface area contributed by atoms with Crippen LogP contribution >= 0.6 is 0 Å². The summed E-state index contributed by atoms with van der Waals surface area (Å²) in [4.78, 5) is 25.2. The molecule has 0 bridgehead atoms. The number of anilines is 1. The standard InChI is InChI=1S/C27H23NO8/c1-31-18-5-8-21(32-2)16(11-18)12-25-27(30)20-6-4-19(14-23(20)36-25)35-15-26(29)28-17-3-7-22-24(13-17)34-10-9-33-22/h3-8,11-14H,9-10,15H2,1-2H3,(H,28,29). The fourth-order valence-electron chi connectivity index (χ4n) is 3.82. The van der Waals surface area contributed by atoms with Crippen molar-refractivity contribution < 1.29 is 38.0 Å². The lowest BCUT2D eigenvalue weighted by atomic mass is 10.1. The minimum atomic E-state index is -0.352. The smallest absolute Gasteiger partial charge is 0.262 e. The molecule has 0 aliphatic carbocycles. The second-order valence-corrected chi connectivity index (χ2v) is 7.90. The summed E-state index contributed by atoms with van der Waals surface area (Å²) in [6.07, 6.45) is 1.60. The molecular formula is C27H23NO8. The van der Waals surface area contributed by atoms with E-state index in [1.165, 1.54) is 0 Å². The number of methoxy groups -OCH3 is 2. The summed E-state index contributed by atoms with van der Waals surface area (Å²) in [5, 5.41) is 2.76. The molecule has 9 heteroatoms. The molecule has 0 aromatic heterocycles. The first-order valence-electron chi connectivity index (χ1n) is 11.2. The topological polar surface area (TPSA) is 102 Å². The van der Waals surface area contributed by atoms with E-state index in [0.29, 0.717) is 64.5 Å². The molecule has 9 nitrogen and oxygen atoms in total. The summed E-state index contributed by atoms with van der Waals surface area (Å²) in [6, 6.07) is 15.2. The predicted octanol–water partition coefficient (Wildman–Crippen LogP) is 4.11. The van der Waals surface area contributed by atoms with Crippen LogP contribution < -0.4 is 33.7 Å². The number of Topliss-reactive ketones (excluding diaryl/α,β-unsaturated/α-hetero) is 1. The average Bonchev–Trinajstić information content (AvgIpc) is 3.21. The molecule has 1 N–H and O–H groups in total. The highest BCUT2D eigenvalue weighted by Gasteiger charge is 2.28. The van der Waals surface area contributed by atoms with Crippen molar-refractivity contribution in [3.63, 3.8) is 0 Å². The van der Waals surface area contributed by atoms with Crippen LogP contribution in [0.1, 0.15) is 15.9 Å². The van der Waals surface area contributed by atoms with E-state index in [1.54, 1.807) is 74.9 Å². The number of benzene rings is 3. The van der Waals surface area contributed by atoms with Gasteiger partial charge in [0.2, 0.25) is 5.78 Å². The number of carbonyl (C=O) groups is 2. The zero-order chi connectivity index (χ0) is 25.1. The number of rotatable bonds is 7. The van der Waals surface area contributed by atoms with Gasteiger partial charge in [-0.1, -0.05) is 0 Å². The van der Waals surface area contributed by atoms with Gasteiger partial charge in [0.25, 0.3) is 5.91 Å². The number of fused-ring (bicyclic) bond motifs is 2. The Hall–Kier alpha value is -4.66. The van der Waals surface area contributed by atoms with Gasteiger partial charge < -0.3 is 33.7 Å². The van der Waals surface area contributed by atoms with Crippen LogP contribution in [0.2, 0.25) is 0 Å². The molecular weight excluding hydrogens is 466 g/mol. The zero-order valence-electron chi connectivity index (χ0n) is 19.7. The number of ether oxygens (including phenoxy) is 6. The number of amides is 1. The van der Waals surface area contributed by atoms with Crippen molar-refractivity contribution in [2.24, 2.45) is 0 Å². The van der Waals surface area contributed by atoms with E-state index < -0.39 is 0 Å². The lowest BCUT2D eigenvalue weighted by Crippen LogP contribution is -2.20. The van der Waals surface area contributed by atoms with Gasteiger partial charge in [0, 0.05) is 23.4 Å². The maximum atomic E-state index is 12.8. The summed E-state index contributed by atoms with van der Waals surface area (Å²) < 4.78 is 33.1. The van der Waals surface area contributed by atoms with E-state index in [1.807, 2.05) is 0 Å². The van der Waals surface area contributed by atoms with Crippen molar-refractivity contribution >= 4 is 23.5 Å². The minimum Gasteiger partial charge on any atom is -0.497 e. The second kappa shape index (κ2) is 9.91. The van der Waals surface area contributed by atoms with Crippen molar-refractivity contribution in [2.45, 2.75) is 0 Å². The minimum absolute atomic E-state index is 0.144. The molecule has 184 valence electrons. The van der Waals surface area contributed by atoms with E-state index in [4.69, 9.17) is 28.4 Å². The molecule has 0 saturated heterocycles. The van der Waals surface area contributed by atoms with E-state index in [-0.39, 0.29) is 24.1 Å². The Balaban J connectivity index is 1.24. The molecule has 2 aliphatic rings. The van der Waals surface area contributed by atoms with Gasteiger partial charge in [-0.2, -0.15) is 0 Å². The molecule has 0 spiro atoms. The average molecular weight is 489 g/mol. The van der Waals surface area contributed by atoms with Crippen molar-refractivity contribution in [3.8, 4) is 34.5 Å². The van der Waals surface area contributed by atoms with Gasteiger partial charge in [-0.15, -0.1) is 0 Å². The SMILES string of the molecule is COc1ccc(OC)c(C=C2Oc3cc(OCC(=O)Nc4ccc5c(c4)OCCO5)ccc3C2=O)c1. The van der Waals surface area contributed by atoms with Crippen LogP contribution in [0.3, 0.4) is 0 Å². The third kappa shape index (κ3) is 4.76. The summed E-state index contributed by atoms with van der Waals surface area (Å²) in [6.45, 7) is 0.723. The summed E-state index contributed by atoms with van der Waals surface area (Å²) in [7, 11) is 3.10. The van der Waals surface area contributed by atoms with Crippen molar-refractivity contribution in [3.05, 3.63) is 71.5 Å². The molecule has 36 heavy (non-hydrogen) atoms. The monoisotopic (exact) mass is 489 g/mol. The molecule has 0 unspecified atom stereocenters. The zero-order valence-corrected chi connectivity index (χ0v) is 19.7. The van der Waals surface area contributed by atoms with E-state index in [9.17, 15) is 9.59 Å². The van der Waals surface area contributed by atoms with E-state index in [0.717, 1.165) is 0 Å². The van der Waals surface area contributed by atoms with Crippen LogP contribution in [-0.4, -0.2) is 45.7 Å². The number of hydrogen-bond donors (Lipinski definition) is 1. The first kappa shape index (κ1) is 23.1. The molecule has 2 heterocycles. The summed E-state index contributed by atoms with van der Waals surface area (Å²) in [5.74, 6) is 2.67. The first-order valence-corrected chi connectivity index (χ1v) is 11.2. The number of carbonyl (C=O) groups excluding carboxylic acids is 2. The lowest BCUT2D eigenvalue weighted by molar-refractivity contribution is -0.118. The van der Waals surface area contributed by atoms with Crippen LogP contribution in [-0.2, 0) is 4.79 Å². The van der Waals surface area contributed by atoms with Crippen molar-refractivity contribution in [2.75, 3.05) is 39.4 Å². The molecule has 0 saturated carbocycles. The molecule has 5 rings (SSSR count). The van der Waals surface area contributed by atoms with Gasteiger partial charge in [-0.3, -0.25) is 9.59 Å². The van der Waals surface area contributed by atoms with Crippen LogP contribution in [0.25, 0.3) is 6.08 Å². The van der Waals surface area contributed by atoms with Gasteiger partial charge in [-0.05, 0) is 48.5 Å². The van der Waals surface area contributed by atoms with Crippen molar-refractivity contribution in [1.29, 1.82) is 0 Å². The maximum absolute atomic E-state index is 12.8. The van der Waals surface area contributed by atoms with Gasteiger partial charge in [0.15, 0.2) is 23.9 Å². The van der Waals surface area contributed by atoms with Crippen LogP contribution in [0.4, 0.5) is 5.69 Å². The Morgan fingerprint density at radius 1 is 0.917 bits per heavy atom. The number of allylic oxidation sites excluding steroid dienone is 1. The Kier molecular flexibility index (Phi) is 6.36. The van der Waals surface area contributed by atoms with Crippen LogP contribution in [0, 0.1) is 0 Å². The Labute approximate surface area is 207 Å². The fraction of sp³-hybridized carbons (Fsp3) is 0.185. The van der Waals surface area contributed by atoms with Crippen molar-refractivity contribution in [1.82, 2.24) is 0 Å². The van der Waals surface area contributed by atoms with Gasteiger partial charge in [0.05, 0.1) is 19.8 Å². The van der Waals surface area contributed by atoms with Gasteiger partial charge in [-0.25, -0.2) is 0 Å². The molecule has 0 atom stereocenters. The largest absolute Gasteiger partial charge is 0.497 e. The van der Waals surface area contributed by atoms with Gasteiger partial charge >= 0.3 is 0 Å². The first-order chi connectivity index (χ1) is 17.5. The fourth-order valence-corrected chi connectivity index (χ4v) is 3.82.